The molecule has 1 aromatic heterocycles. The van der Waals surface area contributed by atoms with Crippen molar-refractivity contribution in [1.29, 1.82) is 0 Å². The SMILES string of the molecule is CCNC(CSc1ccccc1Br)Cc1ccncc1Cl. The van der Waals surface area contributed by atoms with Crippen LogP contribution >= 0.6 is 39.3 Å². The molecule has 1 unspecified atom stereocenters. The van der Waals surface area contributed by atoms with Gasteiger partial charge in [0, 0.05) is 33.6 Å². The van der Waals surface area contributed by atoms with Crippen LogP contribution in [-0.4, -0.2) is 23.3 Å². The number of benzene rings is 1. The molecule has 0 aliphatic carbocycles. The third kappa shape index (κ3) is 5.29. The van der Waals surface area contributed by atoms with E-state index in [4.69, 9.17) is 11.6 Å². The molecule has 0 saturated carbocycles. The first kappa shape index (κ1) is 16.8. The van der Waals surface area contributed by atoms with Gasteiger partial charge in [-0.15, -0.1) is 11.8 Å². The molecule has 0 aliphatic heterocycles. The zero-order valence-corrected chi connectivity index (χ0v) is 15.0. The fourth-order valence-electron chi connectivity index (χ4n) is 2.07. The van der Waals surface area contributed by atoms with Crippen molar-refractivity contribution in [2.75, 3.05) is 12.3 Å². The van der Waals surface area contributed by atoms with Gasteiger partial charge in [-0.3, -0.25) is 4.98 Å². The van der Waals surface area contributed by atoms with Crippen LogP contribution in [0.4, 0.5) is 0 Å². The lowest BCUT2D eigenvalue weighted by atomic mass is 10.1. The largest absolute Gasteiger partial charge is 0.313 e. The number of nitrogens with one attached hydrogen (secondary N) is 1. The number of nitrogens with zero attached hydrogens (tertiary/aromatic N) is 1. The Bertz CT molecular complexity index is 580. The maximum absolute atomic E-state index is 6.21. The summed E-state index contributed by atoms with van der Waals surface area (Å²) in [5.41, 5.74) is 1.14. The highest BCUT2D eigenvalue weighted by atomic mass is 79.9. The molecule has 0 spiro atoms. The Morgan fingerprint density at radius 1 is 1.33 bits per heavy atom. The van der Waals surface area contributed by atoms with E-state index in [1.54, 1.807) is 12.4 Å². The van der Waals surface area contributed by atoms with Crippen LogP contribution < -0.4 is 5.32 Å². The number of halogens is 2. The minimum absolute atomic E-state index is 0.381. The summed E-state index contributed by atoms with van der Waals surface area (Å²) in [4.78, 5) is 5.30. The lowest BCUT2D eigenvalue weighted by Crippen LogP contribution is -2.33. The molecule has 2 nitrogen and oxygen atoms in total. The Morgan fingerprint density at radius 3 is 2.86 bits per heavy atom. The summed E-state index contributed by atoms with van der Waals surface area (Å²) in [6.45, 7) is 3.08. The number of hydrogen-bond donors (Lipinski definition) is 1. The molecule has 1 aromatic carbocycles. The van der Waals surface area contributed by atoms with E-state index >= 15 is 0 Å². The second-order valence-electron chi connectivity index (χ2n) is 4.67. The average Bonchev–Trinajstić information content (AvgIpc) is 2.48. The van der Waals surface area contributed by atoms with Crippen LogP contribution in [0.1, 0.15) is 12.5 Å². The van der Waals surface area contributed by atoms with Crippen LogP contribution in [-0.2, 0) is 6.42 Å². The van der Waals surface area contributed by atoms with Crippen molar-refractivity contribution in [2.24, 2.45) is 0 Å². The molecule has 5 heteroatoms. The maximum Gasteiger partial charge on any atom is 0.0621 e. The summed E-state index contributed by atoms with van der Waals surface area (Å²) in [5.74, 6) is 0.995. The maximum atomic E-state index is 6.21. The molecular weight excluding hydrogens is 368 g/mol. The second kappa shape index (κ2) is 8.79. The van der Waals surface area contributed by atoms with Gasteiger partial charge < -0.3 is 5.32 Å². The highest BCUT2D eigenvalue weighted by Gasteiger charge is 2.12. The highest BCUT2D eigenvalue weighted by molar-refractivity contribution is 9.10. The lowest BCUT2D eigenvalue weighted by Gasteiger charge is -2.18. The van der Waals surface area contributed by atoms with Gasteiger partial charge in [-0.25, -0.2) is 0 Å². The third-order valence-corrected chi connectivity index (χ3v) is 5.62. The average molecular weight is 386 g/mol. The van der Waals surface area contributed by atoms with Crippen LogP contribution in [0, 0.1) is 0 Å². The van der Waals surface area contributed by atoms with Gasteiger partial charge >= 0.3 is 0 Å². The summed E-state index contributed by atoms with van der Waals surface area (Å²) >= 11 is 11.7. The Labute approximate surface area is 143 Å². The monoisotopic (exact) mass is 384 g/mol. The molecule has 1 heterocycles. The molecule has 0 saturated heterocycles. The summed E-state index contributed by atoms with van der Waals surface area (Å²) in [5, 5.41) is 4.27. The van der Waals surface area contributed by atoms with E-state index in [0.717, 1.165) is 33.8 Å². The number of thioether (sulfide) groups is 1. The van der Waals surface area contributed by atoms with Crippen LogP contribution in [0.5, 0.6) is 0 Å². The first-order valence-corrected chi connectivity index (χ1v) is 9.05. The predicted octanol–water partition coefficient (Wildman–Crippen LogP) is 4.81. The van der Waals surface area contributed by atoms with E-state index < -0.39 is 0 Å². The Kier molecular flexibility index (Phi) is 7.04. The van der Waals surface area contributed by atoms with Crippen molar-refractivity contribution in [2.45, 2.75) is 24.3 Å². The van der Waals surface area contributed by atoms with E-state index in [2.05, 4.69) is 51.4 Å². The van der Waals surface area contributed by atoms with Crippen molar-refractivity contribution >= 4 is 39.3 Å². The Hall–Kier alpha value is -0.550. The number of aromatic nitrogens is 1. The molecule has 0 fully saturated rings. The zero-order valence-electron chi connectivity index (χ0n) is 11.9. The molecule has 1 atom stereocenters. The normalized spacial score (nSPS) is 12.3. The van der Waals surface area contributed by atoms with Crippen LogP contribution in [0.2, 0.25) is 5.02 Å². The number of pyridine rings is 1. The molecule has 0 bridgehead atoms. The zero-order chi connectivity index (χ0) is 15.1. The second-order valence-corrected chi connectivity index (χ2v) is 6.99. The molecule has 112 valence electrons. The molecule has 1 N–H and O–H groups in total. The molecule has 21 heavy (non-hydrogen) atoms. The van der Waals surface area contributed by atoms with Gasteiger partial charge in [-0.2, -0.15) is 0 Å². The summed E-state index contributed by atoms with van der Waals surface area (Å²) in [6, 6.07) is 10.7. The molecule has 2 aromatic rings. The highest BCUT2D eigenvalue weighted by Crippen LogP contribution is 2.28. The predicted molar refractivity (Wildman–Crippen MR) is 95.3 cm³/mol. The van der Waals surface area contributed by atoms with Gasteiger partial charge in [-0.05, 0) is 52.7 Å². The number of likely N-dealkylation sites (N-methyl/N-ethyl adjacent to an activating group) is 1. The summed E-state index contributed by atoms with van der Waals surface area (Å²) in [7, 11) is 0. The van der Waals surface area contributed by atoms with E-state index in [1.165, 1.54) is 4.90 Å². The van der Waals surface area contributed by atoms with Gasteiger partial charge in [0.05, 0.1) is 5.02 Å². The van der Waals surface area contributed by atoms with Crippen molar-refractivity contribution < 1.29 is 0 Å². The van der Waals surface area contributed by atoms with Gasteiger partial charge in [0.2, 0.25) is 0 Å². The van der Waals surface area contributed by atoms with E-state index in [0.29, 0.717) is 6.04 Å². The molecule has 0 amide bonds. The van der Waals surface area contributed by atoms with Crippen molar-refractivity contribution in [3.8, 4) is 0 Å². The van der Waals surface area contributed by atoms with Crippen LogP contribution in [0.3, 0.4) is 0 Å². The fraction of sp³-hybridized carbons (Fsp3) is 0.312. The lowest BCUT2D eigenvalue weighted by molar-refractivity contribution is 0.572. The van der Waals surface area contributed by atoms with Gasteiger partial charge in [-0.1, -0.05) is 30.7 Å². The first-order valence-electron chi connectivity index (χ1n) is 6.89. The molecule has 2 rings (SSSR count). The Morgan fingerprint density at radius 2 is 2.14 bits per heavy atom. The minimum Gasteiger partial charge on any atom is -0.313 e. The number of rotatable bonds is 7. The molecular formula is C16H18BrClN2S. The van der Waals surface area contributed by atoms with Crippen molar-refractivity contribution in [1.82, 2.24) is 10.3 Å². The topological polar surface area (TPSA) is 24.9 Å². The summed E-state index contributed by atoms with van der Waals surface area (Å²) in [6.07, 6.45) is 4.42. The smallest absolute Gasteiger partial charge is 0.0621 e. The number of hydrogen-bond acceptors (Lipinski definition) is 3. The van der Waals surface area contributed by atoms with E-state index in [1.807, 2.05) is 23.9 Å². The fourth-order valence-corrected chi connectivity index (χ4v) is 3.89. The van der Waals surface area contributed by atoms with Crippen LogP contribution in [0.25, 0.3) is 0 Å². The van der Waals surface area contributed by atoms with E-state index in [9.17, 15) is 0 Å². The standard InChI is InChI=1S/C16H18BrClN2S/c1-2-20-13(9-12-7-8-19-10-15(12)18)11-21-16-6-4-3-5-14(16)17/h3-8,10,13,20H,2,9,11H2,1H3. The first-order chi connectivity index (χ1) is 10.2. The van der Waals surface area contributed by atoms with Gasteiger partial charge in [0.1, 0.15) is 0 Å². The Balaban J connectivity index is 1.99. The van der Waals surface area contributed by atoms with Gasteiger partial charge in [0.15, 0.2) is 0 Å². The third-order valence-electron chi connectivity index (χ3n) is 3.09. The van der Waals surface area contributed by atoms with Crippen molar-refractivity contribution in [3.05, 3.63) is 57.8 Å². The van der Waals surface area contributed by atoms with Crippen molar-refractivity contribution in [3.63, 3.8) is 0 Å². The van der Waals surface area contributed by atoms with Gasteiger partial charge in [0.25, 0.3) is 0 Å². The summed E-state index contributed by atoms with van der Waals surface area (Å²) < 4.78 is 1.15. The van der Waals surface area contributed by atoms with Crippen LogP contribution in [0.15, 0.2) is 52.1 Å². The minimum atomic E-state index is 0.381. The molecule has 0 aliphatic rings. The van der Waals surface area contributed by atoms with E-state index in [-0.39, 0.29) is 0 Å². The molecule has 0 radical (unpaired) electrons. The quantitative estimate of drug-likeness (QED) is 0.692.